The molecule has 6 nitrogen and oxygen atoms in total. The van der Waals surface area contributed by atoms with Crippen molar-refractivity contribution in [2.75, 3.05) is 23.4 Å². The third kappa shape index (κ3) is 5.27. The van der Waals surface area contributed by atoms with Crippen LogP contribution < -0.4 is 5.32 Å². The van der Waals surface area contributed by atoms with Crippen LogP contribution in [0.25, 0.3) is 0 Å². The van der Waals surface area contributed by atoms with Crippen LogP contribution in [-0.2, 0) is 24.2 Å². The maximum absolute atomic E-state index is 13.0. The van der Waals surface area contributed by atoms with E-state index in [0.29, 0.717) is 6.42 Å². The Morgan fingerprint density at radius 3 is 2.61 bits per heavy atom. The average Bonchev–Trinajstić information content (AvgIpc) is 2.80. The Morgan fingerprint density at radius 2 is 2.00 bits per heavy atom. The van der Waals surface area contributed by atoms with Gasteiger partial charge in [-0.05, 0) is 24.5 Å². The maximum Gasteiger partial charge on any atom is 0.306 e. The van der Waals surface area contributed by atoms with Crippen LogP contribution in [-0.4, -0.2) is 38.4 Å². The summed E-state index contributed by atoms with van der Waals surface area (Å²) < 4.78 is 53.0. The number of carbonyl (C=O) groups is 2. The second-order valence-corrected chi connectivity index (χ2v) is 7.54. The van der Waals surface area contributed by atoms with E-state index in [9.17, 15) is 26.8 Å². The molecule has 0 aromatic heterocycles. The quantitative estimate of drug-likeness (QED) is 0.810. The van der Waals surface area contributed by atoms with E-state index in [4.69, 9.17) is 4.74 Å². The van der Waals surface area contributed by atoms with Crippen LogP contribution in [0.2, 0.25) is 0 Å². The van der Waals surface area contributed by atoms with Crippen LogP contribution >= 0.6 is 0 Å². The topological polar surface area (TPSA) is 89.5 Å². The Morgan fingerprint density at radius 1 is 1.26 bits per heavy atom. The Balaban J connectivity index is 1.75. The van der Waals surface area contributed by atoms with Crippen LogP contribution in [0.4, 0.5) is 14.5 Å². The highest BCUT2D eigenvalue weighted by Gasteiger charge is 2.29. The molecule has 0 radical (unpaired) electrons. The Labute approximate surface area is 131 Å². The molecule has 1 saturated heterocycles. The molecule has 126 valence electrons. The highest BCUT2D eigenvalue weighted by atomic mass is 32.2. The summed E-state index contributed by atoms with van der Waals surface area (Å²) in [6.45, 7) is -0.586. The molecule has 0 saturated carbocycles. The van der Waals surface area contributed by atoms with Crippen molar-refractivity contribution in [3.8, 4) is 0 Å². The van der Waals surface area contributed by atoms with E-state index in [1.807, 2.05) is 0 Å². The molecule has 1 aromatic carbocycles. The number of esters is 1. The van der Waals surface area contributed by atoms with E-state index in [0.717, 1.165) is 12.1 Å². The molecule has 0 unspecified atom stereocenters. The van der Waals surface area contributed by atoms with E-state index in [1.54, 1.807) is 0 Å². The van der Waals surface area contributed by atoms with Gasteiger partial charge in [0.2, 0.25) is 0 Å². The maximum atomic E-state index is 13.0. The second-order valence-electron chi connectivity index (χ2n) is 5.31. The lowest BCUT2D eigenvalue weighted by atomic mass is 10.1. The normalized spacial score (nSPS) is 19.3. The van der Waals surface area contributed by atoms with E-state index >= 15 is 0 Å². The number of hydrogen-bond acceptors (Lipinski definition) is 5. The minimum atomic E-state index is -3.07. The lowest BCUT2D eigenvalue weighted by Gasteiger charge is -2.09. The number of amides is 1. The SMILES string of the molecule is O=C(COC(=O)C[C@@H]1CCS(=O)(=O)C1)Nc1ccc(F)c(F)c1. The van der Waals surface area contributed by atoms with Gasteiger partial charge < -0.3 is 10.1 Å². The van der Waals surface area contributed by atoms with E-state index < -0.39 is 40.0 Å². The predicted molar refractivity (Wildman–Crippen MR) is 77.3 cm³/mol. The Kier molecular flexibility index (Phi) is 5.30. The van der Waals surface area contributed by atoms with Crippen molar-refractivity contribution in [3.63, 3.8) is 0 Å². The molecule has 0 bridgehead atoms. The molecule has 0 spiro atoms. The molecule has 9 heteroatoms. The van der Waals surface area contributed by atoms with E-state index in [1.165, 1.54) is 6.07 Å². The number of anilines is 1. The molecule has 1 atom stereocenters. The first kappa shape index (κ1) is 17.3. The molecule has 1 aromatic rings. The number of halogens is 2. The summed E-state index contributed by atoms with van der Waals surface area (Å²) in [5, 5.41) is 2.25. The third-order valence-electron chi connectivity index (χ3n) is 3.35. The van der Waals surface area contributed by atoms with E-state index in [-0.39, 0.29) is 29.5 Å². The molecule has 1 aliphatic heterocycles. The number of carbonyl (C=O) groups excluding carboxylic acids is 2. The smallest absolute Gasteiger partial charge is 0.306 e. The average molecular weight is 347 g/mol. The fourth-order valence-corrected chi connectivity index (χ4v) is 4.11. The molecule has 0 aliphatic carbocycles. The molecule has 2 rings (SSSR count). The first-order valence-corrected chi connectivity index (χ1v) is 8.68. The molecule has 1 aliphatic rings. The van der Waals surface area contributed by atoms with Gasteiger partial charge in [-0.2, -0.15) is 0 Å². The monoisotopic (exact) mass is 347 g/mol. The number of benzene rings is 1. The molecule has 1 fully saturated rings. The molecular formula is C14H15F2NO5S. The minimum absolute atomic E-state index is 0.0341. The largest absolute Gasteiger partial charge is 0.456 e. The molecule has 23 heavy (non-hydrogen) atoms. The summed E-state index contributed by atoms with van der Waals surface area (Å²) in [5.74, 6) is -3.81. The fourth-order valence-electron chi connectivity index (χ4n) is 2.24. The van der Waals surface area contributed by atoms with Gasteiger partial charge in [-0.15, -0.1) is 0 Å². The van der Waals surface area contributed by atoms with Gasteiger partial charge >= 0.3 is 5.97 Å². The van der Waals surface area contributed by atoms with Gasteiger partial charge in [0.05, 0.1) is 11.5 Å². The van der Waals surface area contributed by atoms with Crippen LogP contribution in [0.3, 0.4) is 0 Å². The standard InChI is InChI=1S/C14H15F2NO5S/c15-11-2-1-10(6-12(11)16)17-13(18)7-22-14(19)5-9-3-4-23(20,21)8-9/h1-2,6,9H,3-5,7-8H2,(H,17,18)/t9-/m0/s1. The number of rotatable bonds is 5. The van der Waals surface area contributed by atoms with Crippen molar-refractivity contribution in [1.82, 2.24) is 0 Å². The van der Waals surface area contributed by atoms with Crippen LogP contribution in [0.5, 0.6) is 0 Å². The van der Waals surface area contributed by atoms with Gasteiger partial charge in [0.15, 0.2) is 28.1 Å². The highest BCUT2D eigenvalue weighted by Crippen LogP contribution is 2.21. The third-order valence-corrected chi connectivity index (χ3v) is 5.19. The number of nitrogens with one attached hydrogen (secondary N) is 1. The first-order valence-electron chi connectivity index (χ1n) is 6.86. The zero-order valence-corrected chi connectivity index (χ0v) is 12.9. The number of sulfone groups is 1. The van der Waals surface area contributed by atoms with Crippen LogP contribution in [0.15, 0.2) is 18.2 Å². The summed E-state index contributed by atoms with van der Waals surface area (Å²) in [6.07, 6.45) is 0.330. The van der Waals surface area contributed by atoms with Gasteiger partial charge in [0.25, 0.3) is 5.91 Å². The molecular weight excluding hydrogens is 332 g/mol. The van der Waals surface area contributed by atoms with Crippen LogP contribution in [0, 0.1) is 17.6 Å². The molecule has 1 N–H and O–H groups in total. The summed E-state index contributed by atoms with van der Waals surface area (Å²) >= 11 is 0. The van der Waals surface area contributed by atoms with Crippen molar-refractivity contribution in [3.05, 3.63) is 29.8 Å². The molecule has 1 amide bonds. The van der Waals surface area contributed by atoms with Gasteiger partial charge in [-0.25, -0.2) is 17.2 Å². The summed E-state index contributed by atoms with van der Waals surface area (Å²) in [7, 11) is -3.07. The lowest BCUT2D eigenvalue weighted by molar-refractivity contribution is -0.148. The zero-order valence-electron chi connectivity index (χ0n) is 12.1. The number of ether oxygens (including phenoxy) is 1. The Bertz CT molecular complexity index is 720. The predicted octanol–water partition coefficient (Wildman–Crippen LogP) is 1.27. The second kappa shape index (κ2) is 7.03. The van der Waals surface area contributed by atoms with Gasteiger partial charge in [0, 0.05) is 18.2 Å². The van der Waals surface area contributed by atoms with Crippen LogP contribution in [0.1, 0.15) is 12.8 Å². The Hall–Kier alpha value is -2.03. The zero-order chi connectivity index (χ0) is 17.0. The summed E-state index contributed by atoms with van der Waals surface area (Å²) in [4.78, 5) is 23.1. The van der Waals surface area contributed by atoms with Gasteiger partial charge in [-0.1, -0.05) is 0 Å². The minimum Gasteiger partial charge on any atom is -0.456 e. The highest BCUT2D eigenvalue weighted by molar-refractivity contribution is 7.91. The first-order chi connectivity index (χ1) is 10.7. The van der Waals surface area contributed by atoms with Crippen molar-refractivity contribution in [2.24, 2.45) is 5.92 Å². The van der Waals surface area contributed by atoms with Crippen molar-refractivity contribution >= 4 is 27.4 Å². The molecule has 1 heterocycles. The van der Waals surface area contributed by atoms with Gasteiger partial charge in [-0.3, -0.25) is 9.59 Å². The van der Waals surface area contributed by atoms with Crippen molar-refractivity contribution < 1.29 is 31.5 Å². The van der Waals surface area contributed by atoms with Gasteiger partial charge in [0.1, 0.15) is 0 Å². The summed E-state index contributed by atoms with van der Waals surface area (Å²) in [6, 6.07) is 2.83. The summed E-state index contributed by atoms with van der Waals surface area (Å²) in [5.41, 5.74) is 0.0341. The lowest BCUT2D eigenvalue weighted by Crippen LogP contribution is -2.22. The van der Waals surface area contributed by atoms with Crippen molar-refractivity contribution in [1.29, 1.82) is 0 Å². The van der Waals surface area contributed by atoms with E-state index in [2.05, 4.69) is 5.32 Å². The van der Waals surface area contributed by atoms with Crippen molar-refractivity contribution in [2.45, 2.75) is 12.8 Å². The fraction of sp³-hybridized carbons (Fsp3) is 0.429. The number of hydrogen-bond donors (Lipinski definition) is 1.